The molecule has 20 heteroatoms. The summed E-state index contributed by atoms with van der Waals surface area (Å²) in [6.45, 7) is 12.9. The Labute approximate surface area is 400 Å². The van der Waals surface area contributed by atoms with Gasteiger partial charge in [-0.1, -0.05) is 43.9 Å². The topological polar surface area (TPSA) is 245 Å². The molecular formula is C48H61N7O11S2. The molecule has 0 bridgehead atoms. The lowest BCUT2D eigenvalue weighted by molar-refractivity contribution is -0.137. The molecule has 2 fully saturated rings. The Balaban J connectivity index is 1.18. The number of carboxylic acid groups (broad SMARTS) is 1. The molecule has 1 aliphatic heterocycles. The molecule has 2 aromatic carbocycles. The van der Waals surface area contributed by atoms with Crippen molar-refractivity contribution in [2.45, 2.75) is 133 Å². The predicted molar refractivity (Wildman–Crippen MR) is 258 cm³/mol. The number of thiazole rings is 1. The number of carboxylic acids is 1. The summed E-state index contributed by atoms with van der Waals surface area (Å²) in [6.07, 6.45) is 4.50. The van der Waals surface area contributed by atoms with Crippen LogP contribution in [0.3, 0.4) is 0 Å². The van der Waals surface area contributed by atoms with Gasteiger partial charge in [0.15, 0.2) is 5.13 Å². The summed E-state index contributed by atoms with van der Waals surface area (Å²) in [4.78, 5) is 76.5. The summed E-state index contributed by atoms with van der Waals surface area (Å²) in [5.41, 5.74) is -0.994. The van der Waals surface area contributed by atoms with Crippen molar-refractivity contribution in [2.75, 3.05) is 24.3 Å². The molecule has 3 heterocycles. The van der Waals surface area contributed by atoms with Crippen molar-refractivity contribution >= 4 is 72.9 Å². The number of rotatable bonds is 22. The molecule has 2 aliphatic rings. The van der Waals surface area contributed by atoms with Gasteiger partial charge in [-0.2, -0.15) is 0 Å². The molecule has 68 heavy (non-hydrogen) atoms. The number of aliphatic carboxylic acids is 1. The van der Waals surface area contributed by atoms with Crippen molar-refractivity contribution in [1.29, 1.82) is 0 Å². The van der Waals surface area contributed by atoms with E-state index in [4.69, 9.17) is 29.3 Å². The van der Waals surface area contributed by atoms with E-state index in [-0.39, 0.29) is 48.9 Å². The van der Waals surface area contributed by atoms with Gasteiger partial charge in [0.2, 0.25) is 11.8 Å². The van der Waals surface area contributed by atoms with Gasteiger partial charge in [0.25, 0.3) is 15.9 Å². The number of amides is 4. The first kappa shape index (κ1) is 51.1. The number of unbranched alkanes of at least 4 members (excludes halogenated alkanes) is 5. The molecule has 4 aromatic rings. The number of hydrogen-bond acceptors (Lipinski definition) is 14. The van der Waals surface area contributed by atoms with Crippen molar-refractivity contribution < 1.29 is 51.7 Å². The highest BCUT2D eigenvalue weighted by Gasteiger charge is 2.61. The Morgan fingerprint density at radius 1 is 0.985 bits per heavy atom. The normalized spacial score (nSPS) is 19.0. The van der Waals surface area contributed by atoms with Gasteiger partial charge in [-0.05, 0) is 78.1 Å². The maximum Gasteiger partial charge on any atom is 0.411 e. The van der Waals surface area contributed by atoms with E-state index in [1.807, 2.05) is 25.3 Å². The molecule has 4 amide bonds. The number of methoxy groups -OCH3 is 1. The minimum Gasteiger partial charge on any atom is -0.497 e. The van der Waals surface area contributed by atoms with Gasteiger partial charge < -0.3 is 35.3 Å². The van der Waals surface area contributed by atoms with Crippen LogP contribution in [0.25, 0.3) is 22.3 Å². The fourth-order valence-electron chi connectivity index (χ4n) is 7.96. The Kier molecular flexibility index (Phi) is 16.4. The van der Waals surface area contributed by atoms with Crippen LogP contribution in [-0.4, -0.2) is 101 Å². The summed E-state index contributed by atoms with van der Waals surface area (Å²) in [5, 5.41) is 20.8. The monoisotopic (exact) mass is 975 g/mol. The number of carbonyl (C=O) groups is 5. The third-order valence-electron chi connectivity index (χ3n) is 11.4. The van der Waals surface area contributed by atoms with Crippen LogP contribution in [0.5, 0.6) is 11.5 Å². The number of fused-ring (bicyclic) bond motifs is 1. The Morgan fingerprint density at radius 3 is 2.35 bits per heavy atom. The minimum absolute atomic E-state index is 0.0197. The zero-order valence-electron chi connectivity index (χ0n) is 39.3. The van der Waals surface area contributed by atoms with Crippen LogP contribution in [0, 0.1) is 5.92 Å². The van der Waals surface area contributed by atoms with Crippen molar-refractivity contribution in [3.63, 3.8) is 0 Å². The number of nitrogens with one attached hydrogen (secondary N) is 4. The molecule has 2 aromatic heterocycles. The van der Waals surface area contributed by atoms with Gasteiger partial charge in [0.1, 0.15) is 45.4 Å². The molecule has 18 nitrogen and oxygen atoms in total. The van der Waals surface area contributed by atoms with Crippen molar-refractivity contribution in [3.8, 4) is 22.9 Å². The number of anilines is 2. The second-order valence-corrected chi connectivity index (χ2v) is 20.9. The number of para-hydroxylation sites is 1. The average Bonchev–Trinajstić information content (AvgIpc) is 3.53. The quantitative estimate of drug-likeness (QED) is 0.0375. The standard InChI is InChI=1S/C48H61N7O11S2/c1-8-30-26-48(30,44(60)54-68(62,63)40-18-16-15-17-34(40)51-41(56)19-13-11-9-10-12-14-20-42(57)58)53-43(59)38-24-32(27-55(38)46(61)66-47(4,5)6)65-39-25-36(37-28-67-45(52-37)49-29(2)3)50-35-23-31(64-7)21-22-33(35)39/h8,15-18,21-23,25,28-30,32,38H,1,9-14,19-20,24,26-27H2,2-7H3,(H,49,52)(H,51,56)(H,53,59)(H,54,60)(H,57,58)/t30?,32-,38+,48?/m1/s1. The number of sulfonamides is 1. The van der Waals surface area contributed by atoms with E-state index in [2.05, 4.69) is 27.3 Å². The number of benzene rings is 2. The first-order valence-corrected chi connectivity index (χ1v) is 25.1. The molecule has 0 spiro atoms. The first-order chi connectivity index (χ1) is 32.2. The van der Waals surface area contributed by atoms with E-state index < -0.39 is 69.0 Å². The van der Waals surface area contributed by atoms with Gasteiger partial charge in [-0.15, -0.1) is 17.9 Å². The highest BCUT2D eigenvalue weighted by molar-refractivity contribution is 7.90. The second kappa shape index (κ2) is 21.8. The van der Waals surface area contributed by atoms with Crippen LogP contribution < -0.4 is 30.1 Å². The van der Waals surface area contributed by atoms with Crippen LogP contribution >= 0.6 is 11.3 Å². The molecule has 366 valence electrons. The smallest absolute Gasteiger partial charge is 0.411 e. The molecule has 0 radical (unpaired) electrons. The van der Waals surface area contributed by atoms with E-state index in [0.717, 1.165) is 30.8 Å². The van der Waals surface area contributed by atoms with Gasteiger partial charge in [0.05, 0.1) is 30.6 Å². The molecular weight excluding hydrogens is 915 g/mol. The molecule has 5 N–H and O–H groups in total. The van der Waals surface area contributed by atoms with Gasteiger partial charge in [-0.25, -0.2) is 27.9 Å². The third kappa shape index (κ3) is 13.0. The Bertz CT molecular complexity index is 2630. The zero-order valence-corrected chi connectivity index (χ0v) is 40.9. The number of likely N-dealkylation sites (tertiary alicyclic amines) is 1. The predicted octanol–water partition coefficient (Wildman–Crippen LogP) is 7.65. The molecule has 2 unspecified atom stereocenters. The van der Waals surface area contributed by atoms with E-state index in [1.54, 1.807) is 52.1 Å². The summed E-state index contributed by atoms with van der Waals surface area (Å²) in [7, 11) is -3.06. The Hall–Kier alpha value is -6.28. The minimum atomic E-state index is -4.61. The number of hydrogen-bond donors (Lipinski definition) is 5. The van der Waals surface area contributed by atoms with Gasteiger partial charge in [-0.3, -0.25) is 24.1 Å². The number of pyridine rings is 1. The largest absolute Gasteiger partial charge is 0.497 e. The van der Waals surface area contributed by atoms with Crippen molar-refractivity contribution in [3.05, 3.63) is 66.6 Å². The molecule has 1 aliphatic carbocycles. The van der Waals surface area contributed by atoms with Crippen LogP contribution in [-0.2, 0) is 33.9 Å². The van der Waals surface area contributed by atoms with E-state index in [9.17, 15) is 32.4 Å². The van der Waals surface area contributed by atoms with Crippen LogP contribution in [0.1, 0.15) is 98.8 Å². The van der Waals surface area contributed by atoms with E-state index in [0.29, 0.717) is 46.6 Å². The van der Waals surface area contributed by atoms with Crippen LogP contribution in [0.2, 0.25) is 0 Å². The third-order valence-corrected chi connectivity index (χ3v) is 13.6. The molecule has 1 saturated heterocycles. The van der Waals surface area contributed by atoms with Crippen LogP contribution in [0.4, 0.5) is 15.6 Å². The van der Waals surface area contributed by atoms with Crippen molar-refractivity contribution in [1.82, 2.24) is 24.9 Å². The average molecular weight is 976 g/mol. The summed E-state index contributed by atoms with van der Waals surface area (Å²) >= 11 is 1.43. The lowest BCUT2D eigenvalue weighted by atomic mass is 10.1. The lowest BCUT2D eigenvalue weighted by Gasteiger charge is -2.29. The van der Waals surface area contributed by atoms with Crippen molar-refractivity contribution in [2.24, 2.45) is 5.92 Å². The number of aromatic nitrogens is 2. The van der Waals surface area contributed by atoms with E-state index in [1.165, 1.54) is 40.5 Å². The number of nitrogens with zero attached hydrogens (tertiary/aromatic N) is 3. The molecule has 6 rings (SSSR count). The summed E-state index contributed by atoms with van der Waals surface area (Å²) in [6, 6.07) is 11.7. The Morgan fingerprint density at radius 2 is 1.69 bits per heavy atom. The van der Waals surface area contributed by atoms with Gasteiger partial charge >= 0.3 is 12.1 Å². The molecule has 4 atom stereocenters. The highest BCUT2D eigenvalue weighted by atomic mass is 32.2. The highest BCUT2D eigenvalue weighted by Crippen LogP contribution is 2.45. The fraction of sp³-hybridized carbons (Fsp3) is 0.479. The lowest BCUT2D eigenvalue weighted by Crippen LogP contribution is -2.56. The SMILES string of the molecule is C=CC1CC1(NC(=O)[C@@H]1C[C@@H](Oc2cc(-c3csc(NC(C)C)n3)nc3cc(OC)ccc23)CN1C(=O)OC(C)(C)C)C(=O)NS(=O)(=O)c1ccccc1NC(=O)CCCCCCCCC(=O)O. The van der Waals surface area contributed by atoms with E-state index >= 15 is 0 Å². The fourth-order valence-corrected chi connectivity index (χ4v) is 10.0. The molecule has 1 saturated carbocycles. The van der Waals surface area contributed by atoms with Crippen LogP contribution in [0.15, 0.2) is 71.5 Å². The summed E-state index contributed by atoms with van der Waals surface area (Å²) < 4.78 is 47.8. The zero-order chi connectivity index (χ0) is 49.4. The maximum absolute atomic E-state index is 14.5. The first-order valence-electron chi connectivity index (χ1n) is 22.7. The number of ether oxygens (including phenoxy) is 3. The summed E-state index contributed by atoms with van der Waals surface area (Å²) in [5.74, 6) is -2.66. The van der Waals surface area contributed by atoms with Gasteiger partial charge in [0, 0.05) is 54.1 Å². The second-order valence-electron chi connectivity index (χ2n) is 18.4. The number of carbonyl (C=O) groups excluding carboxylic acids is 4. The maximum atomic E-state index is 14.5.